The van der Waals surface area contributed by atoms with Gasteiger partial charge in [0.05, 0.1) is 12.5 Å². The Morgan fingerprint density at radius 1 is 1.17 bits per heavy atom. The maximum Gasteiger partial charge on any atom is 0.379 e. The van der Waals surface area contributed by atoms with Gasteiger partial charge in [-0.05, 0) is 55.0 Å². The molecule has 0 saturated heterocycles. The summed E-state index contributed by atoms with van der Waals surface area (Å²) >= 11 is 3.35. The van der Waals surface area contributed by atoms with Gasteiger partial charge in [-0.3, -0.25) is 4.79 Å². The first-order valence-corrected chi connectivity index (χ1v) is 9.37. The molecule has 1 heterocycles. The molecule has 0 unspecified atom stereocenters. The predicted molar refractivity (Wildman–Crippen MR) is 110 cm³/mol. The molecule has 148 valence electrons. The van der Waals surface area contributed by atoms with E-state index in [1.807, 2.05) is 25.1 Å². The Labute approximate surface area is 175 Å². The van der Waals surface area contributed by atoms with Crippen LogP contribution >= 0.6 is 15.9 Å². The third-order valence-corrected chi connectivity index (χ3v) is 4.14. The van der Waals surface area contributed by atoms with Crippen LogP contribution in [0.25, 0.3) is 0 Å². The van der Waals surface area contributed by atoms with Crippen LogP contribution < -0.4 is 14.9 Å². The number of furan rings is 1. The fourth-order valence-electron chi connectivity index (χ4n) is 2.32. The van der Waals surface area contributed by atoms with Crippen molar-refractivity contribution in [3.63, 3.8) is 0 Å². The molecule has 0 aliphatic carbocycles. The van der Waals surface area contributed by atoms with Gasteiger partial charge in [0.15, 0.2) is 6.61 Å². The zero-order valence-electron chi connectivity index (χ0n) is 15.4. The van der Waals surface area contributed by atoms with Crippen LogP contribution in [0.1, 0.15) is 21.7 Å². The summed E-state index contributed by atoms with van der Waals surface area (Å²) in [5.41, 5.74) is 3.89. The topological polar surface area (TPSA) is 90.1 Å². The number of rotatable bonds is 7. The second-order valence-corrected chi connectivity index (χ2v) is 6.86. The highest BCUT2D eigenvalue weighted by molar-refractivity contribution is 9.10. The Kier molecular flexibility index (Phi) is 6.80. The number of amides is 1. The highest BCUT2D eigenvalue weighted by Gasteiger charge is 2.14. The molecule has 0 spiro atoms. The molecular formula is C21H17BrN2O5. The van der Waals surface area contributed by atoms with Crippen molar-refractivity contribution in [2.45, 2.75) is 6.92 Å². The molecule has 1 amide bonds. The van der Waals surface area contributed by atoms with Crippen molar-refractivity contribution in [2.24, 2.45) is 5.10 Å². The minimum Gasteiger partial charge on any atom is -0.484 e. The highest BCUT2D eigenvalue weighted by atomic mass is 79.9. The SMILES string of the molecule is Cc1cccc(OCC(=O)N/N=C/c2cc(Br)ccc2OC(=O)c2ccco2)c1. The van der Waals surface area contributed by atoms with E-state index in [2.05, 4.69) is 26.5 Å². The van der Waals surface area contributed by atoms with E-state index in [-0.39, 0.29) is 18.1 Å². The smallest absolute Gasteiger partial charge is 0.379 e. The Balaban J connectivity index is 1.60. The minimum absolute atomic E-state index is 0.0809. The first kappa shape index (κ1) is 20.3. The zero-order valence-corrected chi connectivity index (χ0v) is 17.0. The summed E-state index contributed by atoms with van der Waals surface area (Å²) in [4.78, 5) is 24.0. The number of ether oxygens (including phenoxy) is 2. The average molecular weight is 457 g/mol. The lowest BCUT2D eigenvalue weighted by Crippen LogP contribution is -2.24. The number of nitrogens with one attached hydrogen (secondary N) is 1. The number of esters is 1. The Hall–Kier alpha value is -3.39. The summed E-state index contributed by atoms with van der Waals surface area (Å²) in [5.74, 6) is -0.112. The van der Waals surface area contributed by atoms with Gasteiger partial charge < -0.3 is 13.9 Å². The van der Waals surface area contributed by atoms with Gasteiger partial charge in [0.2, 0.25) is 5.76 Å². The highest BCUT2D eigenvalue weighted by Crippen LogP contribution is 2.23. The number of hydrogen-bond donors (Lipinski definition) is 1. The van der Waals surface area contributed by atoms with E-state index in [1.165, 1.54) is 18.5 Å². The molecule has 0 radical (unpaired) electrons. The lowest BCUT2D eigenvalue weighted by molar-refractivity contribution is -0.123. The van der Waals surface area contributed by atoms with Gasteiger partial charge in [0.1, 0.15) is 11.5 Å². The summed E-state index contributed by atoms with van der Waals surface area (Å²) < 4.78 is 16.5. The summed E-state index contributed by atoms with van der Waals surface area (Å²) in [7, 11) is 0. The van der Waals surface area contributed by atoms with Gasteiger partial charge in [-0.2, -0.15) is 5.10 Å². The molecule has 0 saturated carbocycles. The van der Waals surface area contributed by atoms with Crippen LogP contribution in [0.5, 0.6) is 11.5 Å². The maximum absolute atomic E-state index is 12.1. The number of benzene rings is 2. The second-order valence-electron chi connectivity index (χ2n) is 5.95. The van der Waals surface area contributed by atoms with Gasteiger partial charge in [0, 0.05) is 10.0 Å². The number of carbonyl (C=O) groups excluding carboxylic acids is 2. The normalized spacial score (nSPS) is 10.7. The van der Waals surface area contributed by atoms with Gasteiger partial charge in [0.25, 0.3) is 5.91 Å². The molecular weight excluding hydrogens is 440 g/mol. The van der Waals surface area contributed by atoms with E-state index in [0.29, 0.717) is 11.3 Å². The Morgan fingerprint density at radius 2 is 2.03 bits per heavy atom. The molecule has 1 aromatic heterocycles. The Bertz CT molecular complexity index is 1030. The molecule has 0 atom stereocenters. The van der Waals surface area contributed by atoms with Crippen LogP contribution in [0.15, 0.2) is 74.9 Å². The first-order valence-electron chi connectivity index (χ1n) is 8.58. The van der Waals surface area contributed by atoms with Gasteiger partial charge >= 0.3 is 5.97 Å². The summed E-state index contributed by atoms with van der Waals surface area (Å²) in [6, 6.07) is 15.5. The number of halogens is 1. The van der Waals surface area contributed by atoms with Crippen LogP contribution in [-0.2, 0) is 4.79 Å². The minimum atomic E-state index is -0.637. The number of carbonyl (C=O) groups is 2. The van der Waals surface area contributed by atoms with E-state index < -0.39 is 11.9 Å². The van der Waals surface area contributed by atoms with Gasteiger partial charge in [-0.25, -0.2) is 10.2 Å². The number of aryl methyl sites for hydroxylation is 1. The van der Waals surface area contributed by atoms with E-state index in [0.717, 1.165) is 10.0 Å². The number of hydrogen-bond acceptors (Lipinski definition) is 6. The second kappa shape index (κ2) is 9.70. The molecule has 7 nitrogen and oxygen atoms in total. The molecule has 2 aromatic carbocycles. The van der Waals surface area contributed by atoms with Crippen LogP contribution in [0, 0.1) is 6.92 Å². The Morgan fingerprint density at radius 3 is 2.79 bits per heavy atom. The average Bonchev–Trinajstić information content (AvgIpc) is 3.23. The molecule has 8 heteroatoms. The van der Waals surface area contributed by atoms with Crippen molar-refractivity contribution in [1.82, 2.24) is 5.43 Å². The molecule has 29 heavy (non-hydrogen) atoms. The van der Waals surface area contributed by atoms with Crippen molar-refractivity contribution in [3.8, 4) is 11.5 Å². The molecule has 0 fully saturated rings. The maximum atomic E-state index is 12.1. The quantitative estimate of drug-likeness (QED) is 0.250. The molecule has 0 aliphatic rings. The van der Waals surface area contributed by atoms with Crippen molar-refractivity contribution in [3.05, 3.63) is 82.2 Å². The third kappa shape index (κ3) is 6.05. The van der Waals surface area contributed by atoms with Crippen LogP contribution in [0.2, 0.25) is 0 Å². The number of hydrazone groups is 1. The van der Waals surface area contributed by atoms with Gasteiger partial charge in [-0.1, -0.05) is 28.1 Å². The summed E-state index contributed by atoms with van der Waals surface area (Å²) in [6.07, 6.45) is 2.76. The van der Waals surface area contributed by atoms with Crippen molar-refractivity contribution >= 4 is 34.0 Å². The molecule has 3 aromatic rings. The van der Waals surface area contributed by atoms with Crippen molar-refractivity contribution in [1.29, 1.82) is 0 Å². The van der Waals surface area contributed by atoms with Crippen LogP contribution in [0.4, 0.5) is 0 Å². The standard InChI is InChI=1S/C21H17BrN2O5/c1-14-4-2-5-17(10-14)28-13-20(25)24-23-12-15-11-16(22)7-8-18(15)29-21(26)19-6-3-9-27-19/h2-12H,13H2,1H3,(H,24,25)/b23-12+. The van der Waals surface area contributed by atoms with Crippen LogP contribution in [0.3, 0.4) is 0 Å². The van der Waals surface area contributed by atoms with Crippen LogP contribution in [-0.4, -0.2) is 24.7 Å². The fraction of sp³-hybridized carbons (Fsp3) is 0.0952. The van der Waals surface area contributed by atoms with Gasteiger partial charge in [-0.15, -0.1) is 0 Å². The van der Waals surface area contributed by atoms with E-state index in [9.17, 15) is 9.59 Å². The largest absolute Gasteiger partial charge is 0.484 e. The zero-order chi connectivity index (χ0) is 20.6. The van der Waals surface area contributed by atoms with E-state index >= 15 is 0 Å². The van der Waals surface area contributed by atoms with Crippen molar-refractivity contribution < 1.29 is 23.5 Å². The van der Waals surface area contributed by atoms with E-state index in [1.54, 1.807) is 30.3 Å². The molecule has 0 bridgehead atoms. The first-order chi connectivity index (χ1) is 14.0. The van der Waals surface area contributed by atoms with Crippen molar-refractivity contribution in [2.75, 3.05) is 6.61 Å². The summed E-state index contributed by atoms with van der Waals surface area (Å²) in [6.45, 7) is 1.76. The molecule has 0 aliphatic heterocycles. The lowest BCUT2D eigenvalue weighted by Gasteiger charge is -2.07. The fourth-order valence-corrected chi connectivity index (χ4v) is 2.70. The summed E-state index contributed by atoms with van der Waals surface area (Å²) in [5, 5.41) is 3.90. The molecule has 3 rings (SSSR count). The number of nitrogens with zero attached hydrogens (tertiary/aromatic N) is 1. The third-order valence-electron chi connectivity index (χ3n) is 3.65. The monoisotopic (exact) mass is 456 g/mol. The lowest BCUT2D eigenvalue weighted by atomic mass is 10.2. The van der Waals surface area contributed by atoms with E-state index in [4.69, 9.17) is 13.9 Å². The molecule has 1 N–H and O–H groups in total. The predicted octanol–water partition coefficient (Wildman–Crippen LogP) is 4.10.